The zero-order valence-electron chi connectivity index (χ0n) is 15.3. The van der Waals surface area contributed by atoms with Crippen LogP contribution >= 0.6 is 23.8 Å². The van der Waals surface area contributed by atoms with Crippen LogP contribution in [-0.2, 0) is 14.8 Å². The number of nitriles is 1. The molecule has 1 aliphatic rings. The van der Waals surface area contributed by atoms with Crippen LogP contribution in [0.15, 0.2) is 34.9 Å². The van der Waals surface area contributed by atoms with E-state index in [4.69, 9.17) is 29.1 Å². The second-order valence-corrected chi connectivity index (χ2v) is 8.68. The van der Waals surface area contributed by atoms with Crippen LogP contribution in [0.1, 0.15) is 12.0 Å². The number of benzene rings is 1. The van der Waals surface area contributed by atoms with E-state index < -0.39 is 15.9 Å². The van der Waals surface area contributed by atoms with Gasteiger partial charge in [-0.1, -0.05) is 18.2 Å². The third-order valence-corrected chi connectivity index (χ3v) is 5.69. The number of sulfonamides is 1. The van der Waals surface area contributed by atoms with Crippen molar-refractivity contribution in [3.8, 4) is 6.07 Å². The molecule has 2 rings (SSSR count). The van der Waals surface area contributed by atoms with Gasteiger partial charge in [-0.3, -0.25) is 9.69 Å². The topological polar surface area (TPSA) is 97.1 Å². The molecule has 1 aromatic carbocycles. The molecule has 1 aliphatic heterocycles. The monoisotopic (exact) mass is 439 g/mol. The Morgan fingerprint density at radius 2 is 2.11 bits per heavy atom. The average molecular weight is 440 g/mol. The molecular formula is C17H18ClN5O3S2. The lowest BCUT2D eigenvalue weighted by Gasteiger charge is -2.20. The quantitative estimate of drug-likeness (QED) is 0.277. The first-order valence-corrected chi connectivity index (χ1v) is 10.5. The first kappa shape index (κ1) is 21.8. The number of carbonyl (C=O) groups is 1. The van der Waals surface area contributed by atoms with E-state index in [1.54, 1.807) is 20.2 Å². The summed E-state index contributed by atoms with van der Waals surface area (Å²) in [6.45, 7) is 3.94. The molecule has 0 unspecified atom stereocenters. The number of hydrogen-bond acceptors (Lipinski definition) is 5. The fourth-order valence-electron chi connectivity index (χ4n) is 2.38. The van der Waals surface area contributed by atoms with Crippen LogP contribution < -0.4 is 4.90 Å². The smallest absolute Gasteiger partial charge is 0.280 e. The average Bonchev–Trinajstić information content (AvgIpc) is 2.83. The zero-order chi connectivity index (χ0) is 21.1. The molecule has 11 heteroatoms. The first-order valence-electron chi connectivity index (χ1n) is 8.06. The molecule has 0 aromatic heterocycles. The van der Waals surface area contributed by atoms with Gasteiger partial charge in [0.25, 0.3) is 15.9 Å². The van der Waals surface area contributed by atoms with E-state index in [2.05, 4.69) is 11.0 Å². The molecule has 0 radical (unpaired) electrons. The Balaban J connectivity index is 2.11. The molecule has 28 heavy (non-hydrogen) atoms. The molecule has 0 bridgehead atoms. The van der Waals surface area contributed by atoms with Crippen molar-refractivity contribution in [1.82, 2.24) is 9.80 Å². The van der Waals surface area contributed by atoms with Crippen LogP contribution in [0, 0.1) is 11.3 Å². The first-order chi connectivity index (χ1) is 13.1. The van der Waals surface area contributed by atoms with Gasteiger partial charge in [0.15, 0.2) is 5.11 Å². The number of thiocarbonyl (C=S) groups is 1. The van der Waals surface area contributed by atoms with Gasteiger partial charge in [-0.15, -0.1) is 0 Å². The van der Waals surface area contributed by atoms with Gasteiger partial charge in [0.05, 0.1) is 22.0 Å². The van der Waals surface area contributed by atoms with Crippen LogP contribution in [0.3, 0.4) is 0 Å². The van der Waals surface area contributed by atoms with Crippen molar-refractivity contribution in [2.75, 3.05) is 31.3 Å². The summed E-state index contributed by atoms with van der Waals surface area (Å²) >= 11 is 11.4. The van der Waals surface area contributed by atoms with Crippen molar-refractivity contribution in [2.24, 2.45) is 4.40 Å². The van der Waals surface area contributed by atoms with Crippen molar-refractivity contribution >= 4 is 56.9 Å². The number of carbonyl (C=O) groups excluding carboxylic acids is 1. The highest BCUT2D eigenvalue weighted by Gasteiger charge is 2.37. The minimum Gasteiger partial charge on any atom is -0.368 e. The lowest BCUT2D eigenvalue weighted by atomic mass is 10.2. The third-order valence-electron chi connectivity index (χ3n) is 3.75. The second-order valence-electron chi connectivity index (χ2n) is 6.12. The van der Waals surface area contributed by atoms with Gasteiger partial charge in [0.2, 0.25) is 0 Å². The number of halogens is 1. The lowest BCUT2D eigenvalue weighted by molar-refractivity contribution is -0.114. The van der Waals surface area contributed by atoms with Gasteiger partial charge in [0.1, 0.15) is 18.1 Å². The van der Waals surface area contributed by atoms with E-state index in [9.17, 15) is 13.2 Å². The minimum absolute atomic E-state index is 0.139. The summed E-state index contributed by atoms with van der Waals surface area (Å²) in [5.74, 6) is -0.625. The maximum Gasteiger partial charge on any atom is 0.280 e. The third kappa shape index (κ3) is 4.86. The molecular weight excluding hydrogens is 422 g/mol. The van der Waals surface area contributed by atoms with Gasteiger partial charge in [-0.25, -0.2) is 8.42 Å². The van der Waals surface area contributed by atoms with Crippen LogP contribution in [-0.4, -0.2) is 62.0 Å². The maximum absolute atomic E-state index is 12.6. The summed E-state index contributed by atoms with van der Waals surface area (Å²) in [5.41, 5.74) is 0.827. The Morgan fingerprint density at radius 1 is 1.43 bits per heavy atom. The normalized spacial score (nSPS) is 14.9. The Kier molecular flexibility index (Phi) is 6.77. The SMILES string of the molecule is C=C1C(=O)N(c2ccc(C#N)c(Cl)c2)C(=S)N1CCCS(=O)(=O)N=CN(C)C. The summed E-state index contributed by atoms with van der Waals surface area (Å²) in [5, 5.41) is 9.34. The summed E-state index contributed by atoms with van der Waals surface area (Å²) in [6, 6.07) is 6.47. The van der Waals surface area contributed by atoms with E-state index in [1.807, 2.05) is 6.07 Å². The predicted octanol–water partition coefficient (Wildman–Crippen LogP) is 1.97. The zero-order valence-corrected chi connectivity index (χ0v) is 17.7. The molecule has 1 saturated heterocycles. The number of anilines is 1. The fourth-order valence-corrected chi connectivity index (χ4v) is 3.92. The Bertz CT molecular complexity index is 999. The minimum atomic E-state index is -3.61. The second kappa shape index (κ2) is 8.68. The summed E-state index contributed by atoms with van der Waals surface area (Å²) < 4.78 is 27.3. The van der Waals surface area contributed by atoms with Gasteiger partial charge < -0.3 is 9.80 Å². The number of amides is 1. The van der Waals surface area contributed by atoms with Crippen LogP contribution in [0.2, 0.25) is 5.02 Å². The van der Waals surface area contributed by atoms with Crippen molar-refractivity contribution < 1.29 is 13.2 Å². The molecule has 0 atom stereocenters. The van der Waals surface area contributed by atoms with E-state index in [0.717, 1.165) is 0 Å². The summed E-state index contributed by atoms with van der Waals surface area (Å²) in [4.78, 5) is 16.8. The number of hydrogen-bond donors (Lipinski definition) is 0. The highest BCUT2D eigenvalue weighted by atomic mass is 35.5. The van der Waals surface area contributed by atoms with Gasteiger partial charge >= 0.3 is 0 Å². The van der Waals surface area contributed by atoms with Crippen LogP contribution in [0.5, 0.6) is 0 Å². The molecule has 1 aromatic rings. The number of nitrogens with zero attached hydrogens (tertiary/aromatic N) is 5. The Morgan fingerprint density at radius 3 is 2.68 bits per heavy atom. The Labute approximate surface area is 174 Å². The molecule has 1 amide bonds. The van der Waals surface area contributed by atoms with E-state index in [-0.39, 0.29) is 40.1 Å². The largest absolute Gasteiger partial charge is 0.368 e. The van der Waals surface area contributed by atoms with Gasteiger partial charge in [-0.05, 0) is 36.8 Å². The van der Waals surface area contributed by atoms with Gasteiger partial charge in [0, 0.05) is 20.6 Å². The number of rotatable bonds is 7. The van der Waals surface area contributed by atoms with E-state index in [1.165, 1.54) is 33.2 Å². The summed E-state index contributed by atoms with van der Waals surface area (Å²) in [7, 11) is -0.278. The predicted molar refractivity (Wildman–Crippen MR) is 113 cm³/mol. The van der Waals surface area contributed by atoms with Crippen molar-refractivity contribution in [2.45, 2.75) is 6.42 Å². The lowest BCUT2D eigenvalue weighted by Crippen LogP contribution is -2.33. The van der Waals surface area contributed by atoms with Crippen molar-refractivity contribution in [3.05, 3.63) is 41.1 Å². The highest BCUT2D eigenvalue weighted by molar-refractivity contribution is 7.90. The molecule has 1 fully saturated rings. The van der Waals surface area contributed by atoms with Gasteiger partial charge in [-0.2, -0.15) is 9.66 Å². The fraction of sp³-hybridized carbons (Fsp3) is 0.294. The molecule has 0 saturated carbocycles. The molecule has 0 N–H and O–H groups in total. The van der Waals surface area contributed by atoms with E-state index >= 15 is 0 Å². The van der Waals surface area contributed by atoms with Crippen molar-refractivity contribution in [1.29, 1.82) is 5.26 Å². The Hall–Kier alpha value is -2.48. The highest BCUT2D eigenvalue weighted by Crippen LogP contribution is 2.30. The van der Waals surface area contributed by atoms with Crippen LogP contribution in [0.4, 0.5) is 5.69 Å². The van der Waals surface area contributed by atoms with E-state index in [0.29, 0.717) is 5.69 Å². The summed E-state index contributed by atoms with van der Waals surface area (Å²) in [6.07, 6.45) is 1.43. The molecule has 0 aliphatic carbocycles. The standard InChI is InChI=1S/C17H18ClN5O3S2/c1-12-16(24)23(14-6-5-13(10-19)15(18)9-14)17(27)22(12)7-4-8-28(25,26)20-11-21(2)3/h5-6,9,11H,1,4,7-8H2,2-3H3. The maximum atomic E-state index is 12.6. The van der Waals surface area contributed by atoms with Crippen LogP contribution in [0.25, 0.3) is 0 Å². The van der Waals surface area contributed by atoms with Crippen molar-refractivity contribution in [3.63, 3.8) is 0 Å². The molecule has 8 nitrogen and oxygen atoms in total. The molecule has 148 valence electrons. The molecule has 0 spiro atoms. The molecule has 1 heterocycles.